The SMILES string of the molecule is N#CC1(NC(=O)CCCCCCCCCCOCC2CCCCC2)CC1. The van der Waals surface area contributed by atoms with Crippen LogP contribution in [0.25, 0.3) is 0 Å². The zero-order valence-corrected chi connectivity index (χ0v) is 16.6. The maximum atomic E-state index is 11.7. The topological polar surface area (TPSA) is 62.1 Å². The first kappa shape index (κ1) is 21.2. The van der Waals surface area contributed by atoms with Gasteiger partial charge >= 0.3 is 0 Å². The van der Waals surface area contributed by atoms with Crippen LogP contribution in [0.3, 0.4) is 0 Å². The molecule has 2 rings (SSSR count). The summed E-state index contributed by atoms with van der Waals surface area (Å²) in [5.74, 6) is 0.887. The van der Waals surface area contributed by atoms with Crippen LogP contribution in [0.5, 0.6) is 0 Å². The molecule has 0 aromatic carbocycles. The number of unbranched alkanes of at least 4 members (excludes halogenated alkanes) is 7. The van der Waals surface area contributed by atoms with Gasteiger partial charge in [0, 0.05) is 19.6 Å². The Bertz CT molecular complexity index is 434. The third-order valence-corrected chi connectivity index (χ3v) is 5.86. The summed E-state index contributed by atoms with van der Waals surface area (Å²) in [6.45, 7) is 1.93. The van der Waals surface area contributed by atoms with E-state index in [1.54, 1.807) is 0 Å². The second kappa shape index (κ2) is 12.3. The normalized spacial score (nSPS) is 19.0. The van der Waals surface area contributed by atoms with E-state index in [9.17, 15) is 4.79 Å². The molecule has 0 bridgehead atoms. The minimum absolute atomic E-state index is 0.0530. The van der Waals surface area contributed by atoms with Crippen molar-refractivity contribution >= 4 is 5.91 Å². The fourth-order valence-electron chi connectivity index (χ4n) is 3.87. The molecule has 0 spiro atoms. The number of nitrogens with one attached hydrogen (secondary N) is 1. The van der Waals surface area contributed by atoms with E-state index < -0.39 is 5.54 Å². The maximum absolute atomic E-state index is 11.7. The molecule has 2 fully saturated rings. The van der Waals surface area contributed by atoms with Crippen molar-refractivity contribution in [1.82, 2.24) is 5.32 Å². The van der Waals surface area contributed by atoms with Crippen LogP contribution < -0.4 is 5.32 Å². The van der Waals surface area contributed by atoms with E-state index >= 15 is 0 Å². The fraction of sp³-hybridized carbons (Fsp3) is 0.909. The Morgan fingerprint density at radius 3 is 2.19 bits per heavy atom. The lowest BCUT2D eigenvalue weighted by Gasteiger charge is -2.21. The molecule has 0 aromatic rings. The largest absolute Gasteiger partial charge is 0.381 e. The summed E-state index contributed by atoms with van der Waals surface area (Å²) in [5.41, 5.74) is -0.503. The van der Waals surface area contributed by atoms with Gasteiger partial charge in [0.05, 0.1) is 6.07 Å². The lowest BCUT2D eigenvalue weighted by atomic mass is 9.90. The van der Waals surface area contributed by atoms with Gasteiger partial charge in [-0.1, -0.05) is 57.8 Å². The van der Waals surface area contributed by atoms with E-state index in [4.69, 9.17) is 10.00 Å². The molecule has 0 radical (unpaired) electrons. The number of hydrogen-bond acceptors (Lipinski definition) is 3. The van der Waals surface area contributed by atoms with E-state index in [0.29, 0.717) is 6.42 Å². The molecule has 148 valence electrons. The minimum Gasteiger partial charge on any atom is -0.381 e. The monoisotopic (exact) mass is 362 g/mol. The van der Waals surface area contributed by atoms with Crippen molar-refractivity contribution < 1.29 is 9.53 Å². The average Bonchev–Trinajstić information content (AvgIpc) is 3.43. The first-order chi connectivity index (χ1) is 12.7. The Hall–Kier alpha value is -1.08. The average molecular weight is 363 g/mol. The Morgan fingerprint density at radius 1 is 0.962 bits per heavy atom. The summed E-state index contributed by atoms with van der Waals surface area (Å²) in [7, 11) is 0. The molecular formula is C22H38N2O2. The zero-order valence-electron chi connectivity index (χ0n) is 16.6. The van der Waals surface area contributed by atoms with Gasteiger partial charge in [-0.25, -0.2) is 0 Å². The molecule has 0 saturated heterocycles. The molecule has 26 heavy (non-hydrogen) atoms. The number of ether oxygens (including phenoxy) is 1. The molecule has 4 nitrogen and oxygen atoms in total. The zero-order chi connectivity index (χ0) is 18.5. The Labute approximate surface area is 160 Å². The van der Waals surface area contributed by atoms with Crippen molar-refractivity contribution in [3.8, 4) is 6.07 Å². The van der Waals surface area contributed by atoms with E-state index in [2.05, 4.69) is 11.4 Å². The standard InChI is InChI=1S/C22H38N2O2/c23-19-22(15-16-22)24-21(25)14-10-5-3-1-2-4-6-11-17-26-18-20-12-8-7-9-13-20/h20H,1-18H2,(H,24,25). The molecule has 1 N–H and O–H groups in total. The van der Waals surface area contributed by atoms with Gasteiger partial charge in [-0.15, -0.1) is 0 Å². The number of hydrogen-bond donors (Lipinski definition) is 1. The van der Waals surface area contributed by atoms with Gasteiger partial charge in [-0.05, 0) is 44.4 Å². The highest BCUT2D eigenvalue weighted by Crippen LogP contribution is 2.34. The lowest BCUT2D eigenvalue weighted by molar-refractivity contribution is -0.121. The number of carbonyl (C=O) groups is 1. The maximum Gasteiger partial charge on any atom is 0.221 e. The number of nitrogens with zero attached hydrogens (tertiary/aromatic N) is 1. The van der Waals surface area contributed by atoms with Gasteiger partial charge in [-0.3, -0.25) is 4.79 Å². The number of nitriles is 1. The lowest BCUT2D eigenvalue weighted by Crippen LogP contribution is -2.35. The smallest absolute Gasteiger partial charge is 0.221 e. The van der Waals surface area contributed by atoms with Crippen molar-refractivity contribution in [2.24, 2.45) is 5.92 Å². The summed E-state index contributed by atoms with van der Waals surface area (Å²) in [6, 6.07) is 2.20. The van der Waals surface area contributed by atoms with Gasteiger partial charge in [-0.2, -0.15) is 5.26 Å². The first-order valence-corrected chi connectivity index (χ1v) is 11.0. The van der Waals surface area contributed by atoms with E-state index in [-0.39, 0.29) is 5.91 Å². The molecule has 0 unspecified atom stereocenters. The van der Waals surface area contributed by atoms with Crippen LogP contribution >= 0.6 is 0 Å². The van der Waals surface area contributed by atoms with Crippen molar-refractivity contribution in [3.63, 3.8) is 0 Å². The Morgan fingerprint density at radius 2 is 1.58 bits per heavy atom. The predicted octanol–water partition coefficient (Wildman–Crippen LogP) is 5.27. The van der Waals surface area contributed by atoms with E-state index in [0.717, 1.165) is 44.8 Å². The third-order valence-electron chi connectivity index (χ3n) is 5.86. The predicted molar refractivity (Wildman–Crippen MR) is 105 cm³/mol. The second-order valence-corrected chi connectivity index (χ2v) is 8.40. The summed E-state index contributed by atoms with van der Waals surface area (Å²) in [4.78, 5) is 11.7. The molecule has 0 aliphatic heterocycles. The number of amides is 1. The van der Waals surface area contributed by atoms with E-state index in [1.165, 1.54) is 70.6 Å². The number of rotatable bonds is 14. The molecule has 4 heteroatoms. The van der Waals surface area contributed by atoms with Gasteiger partial charge in [0.25, 0.3) is 0 Å². The van der Waals surface area contributed by atoms with E-state index in [1.807, 2.05) is 0 Å². The van der Waals surface area contributed by atoms with Crippen LogP contribution in [0.15, 0.2) is 0 Å². The van der Waals surface area contributed by atoms with Crippen LogP contribution in [0.4, 0.5) is 0 Å². The summed E-state index contributed by atoms with van der Waals surface area (Å²) < 4.78 is 5.84. The van der Waals surface area contributed by atoms with Crippen LogP contribution in [0.2, 0.25) is 0 Å². The van der Waals surface area contributed by atoms with Crippen LogP contribution in [0, 0.1) is 17.2 Å². The van der Waals surface area contributed by atoms with Crippen molar-refractivity contribution in [2.45, 2.75) is 108 Å². The molecule has 0 aromatic heterocycles. The second-order valence-electron chi connectivity index (χ2n) is 8.40. The minimum atomic E-state index is -0.503. The van der Waals surface area contributed by atoms with Crippen molar-refractivity contribution in [3.05, 3.63) is 0 Å². The molecule has 2 saturated carbocycles. The van der Waals surface area contributed by atoms with Gasteiger partial charge < -0.3 is 10.1 Å². The first-order valence-electron chi connectivity index (χ1n) is 11.0. The number of carbonyl (C=O) groups excluding carboxylic acids is 1. The fourth-order valence-corrected chi connectivity index (χ4v) is 3.87. The highest BCUT2D eigenvalue weighted by Gasteiger charge is 2.44. The Kier molecular flexibility index (Phi) is 10.1. The summed E-state index contributed by atoms with van der Waals surface area (Å²) >= 11 is 0. The van der Waals surface area contributed by atoms with Crippen LogP contribution in [-0.2, 0) is 9.53 Å². The molecular weight excluding hydrogens is 324 g/mol. The van der Waals surface area contributed by atoms with Crippen molar-refractivity contribution in [1.29, 1.82) is 5.26 Å². The summed E-state index contributed by atoms with van der Waals surface area (Å²) in [6.07, 6.45) is 18.8. The van der Waals surface area contributed by atoms with Crippen molar-refractivity contribution in [2.75, 3.05) is 13.2 Å². The third kappa shape index (κ3) is 9.03. The molecule has 0 heterocycles. The Balaban J connectivity index is 1.28. The molecule has 0 atom stereocenters. The van der Waals surface area contributed by atoms with Crippen LogP contribution in [-0.4, -0.2) is 24.7 Å². The highest BCUT2D eigenvalue weighted by atomic mass is 16.5. The molecule has 1 amide bonds. The van der Waals surface area contributed by atoms with Crippen LogP contribution in [0.1, 0.15) is 103 Å². The molecule has 2 aliphatic carbocycles. The highest BCUT2D eigenvalue weighted by molar-refractivity contribution is 5.77. The van der Waals surface area contributed by atoms with Gasteiger partial charge in [0.1, 0.15) is 5.54 Å². The quantitative estimate of drug-likeness (QED) is 0.428. The molecule has 2 aliphatic rings. The van der Waals surface area contributed by atoms with Gasteiger partial charge in [0.2, 0.25) is 5.91 Å². The summed E-state index contributed by atoms with van der Waals surface area (Å²) in [5, 5.41) is 11.8. The van der Waals surface area contributed by atoms with Gasteiger partial charge in [0.15, 0.2) is 0 Å².